The molecular weight excluding hydrogens is 330 g/mol. The summed E-state index contributed by atoms with van der Waals surface area (Å²) in [6.07, 6.45) is -0.0780. The number of ether oxygens (including phenoxy) is 3. The Morgan fingerprint density at radius 2 is 1.92 bits per heavy atom. The second-order valence-corrected chi connectivity index (χ2v) is 5.51. The van der Waals surface area contributed by atoms with Crippen molar-refractivity contribution >= 4 is 18.0 Å². The summed E-state index contributed by atoms with van der Waals surface area (Å²) in [6, 6.07) is 4.61. The Balaban J connectivity index is 1.62. The predicted molar refractivity (Wildman–Crippen MR) is 84.9 cm³/mol. The number of benzene rings is 1. The van der Waals surface area contributed by atoms with Crippen molar-refractivity contribution in [2.45, 2.75) is 19.8 Å². The van der Waals surface area contributed by atoms with Crippen LogP contribution in [0.25, 0.3) is 0 Å². The van der Waals surface area contributed by atoms with Gasteiger partial charge in [-0.25, -0.2) is 24.9 Å². The lowest BCUT2D eigenvalue weighted by molar-refractivity contribution is -0.139. The number of urea groups is 1. The largest absolute Gasteiger partial charge is 0.454 e. The maximum Gasteiger partial charge on any atom is 0.415 e. The summed E-state index contributed by atoms with van der Waals surface area (Å²) in [4.78, 5) is 36.1. The van der Waals surface area contributed by atoms with Gasteiger partial charge in [0.2, 0.25) is 12.7 Å². The molecule has 1 fully saturated rings. The van der Waals surface area contributed by atoms with Crippen LogP contribution in [0.2, 0.25) is 0 Å². The van der Waals surface area contributed by atoms with E-state index in [1.54, 1.807) is 25.1 Å². The maximum absolute atomic E-state index is 12.6. The smallest absolute Gasteiger partial charge is 0.415 e. The van der Waals surface area contributed by atoms with Crippen molar-refractivity contribution in [1.29, 1.82) is 0 Å². The second kappa shape index (κ2) is 7.29. The molecule has 0 saturated carbocycles. The van der Waals surface area contributed by atoms with Crippen molar-refractivity contribution < 1.29 is 28.6 Å². The number of imide groups is 1. The van der Waals surface area contributed by atoms with E-state index in [4.69, 9.17) is 9.47 Å². The molecule has 134 valence electrons. The summed E-state index contributed by atoms with van der Waals surface area (Å²) in [5, 5.41) is 4.68. The molecule has 0 aromatic heterocycles. The molecule has 0 bridgehead atoms. The average Bonchev–Trinajstić information content (AvgIpc) is 3.23. The zero-order valence-electron chi connectivity index (χ0n) is 13.8. The van der Waals surface area contributed by atoms with Crippen molar-refractivity contribution in [3.8, 4) is 11.5 Å². The molecule has 0 atom stereocenters. The van der Waals surface area contributed by atoms with E-state index >= 15 is 0 Å². The van der Waals surface area contributed by atoms with Crippen molar-refractivity contribution in [3.63, 3.8) is 0 Å². The van der Waals surface area contributed by atoms with Crippen LogP contribution in [0.4, 0.5) is 9.59 Å². The van der Waals surface area contributed by atoms with Gasteiger partial charge in [-0.3, -0.25) is 4.79 Å². The van der Waals surface area contributed by atoms with Crippen LogP contribution in [0.1, 0.15) is 18.9 Å². The van der Waals surface area contributed by atoms with Gasteiger partial charge in [-0.2, -0.15) is 0 Å². The average molecular weight is 349 g/mol. The summed E-state index contributed by atoms with van der Waals surface area (Å²) in [6.45, 7) is 2.74. The quantitative estimate of drug-likeness (QED) is 0.883. The zero-order valence-corrected chi connectivity index (χ0v) is 13.8. The normalized spacial score (nSPS) is 15.2. The van der Waals surface area contributed by atoms with Crippen LogP contribution in [0.15, 0.2) is 18.2 Å². The minimum atomic E-state index is -0.831. The number of nitrogens with zero attached hydrogens (tertiary/aromatic N) is 2. The van der Waals surface area contributed by atoms with Crippen molar-refractivity contribution in [2.24, 2.45) is 0 Å². The Morgan fingerprint density at radius 1 is 1.16 bits per heavy atom. The highest BCUT2D eigenvalue weighted by Gasteiger charge is 2.31. The van der Waals surface area contributed by atoms with Crippen LogP contribution in [-0.4, -0.2) is 54.5 Å². The molecule has 9 nitrogen and oxygen atoms in total. The van der Waals surface area contributed by atoms with Crippen LogP contribution in [0.5, 0.6) is 11.5 Å². The highest BCUT2D eigenvalue weighted by atomic mass is 16.7. The number of fused-ring (bicyclic) bond motifs is 1. The number of rotatable bonds is 3. The molecular formula is C16H19N3O6. The SMILES string of the molecule is CCOC(=O)NC(=O)N1CCCN1C(=O)Cc1ccc2c(c1)OCO2. The highest BCUT2D eigenvalue weighted by molar-refractivity contribution is 5.92. The molecule has 9 heteroatoms. The summed E-state index contributed by atoms with van der Waals surface area (Å²) in [7, 11) is 0. The van der Waals surface area contributed by atoms with Gasteiger partial charge in [0.25, 0.3) is 0 Å². The number of alkyl carbamates (subject to hydrolysis) is 1. The van der Waals surface area contributed by atoms with Crippen molar-refractivity contribution in [2.75, 3.05) is 26.5 Å². The Hall–Kier alpha value is -2.97. The molecule has 25 heavy (non-hydrogen) atoms. The van der Waals surface area contributed by atoms with Crippen LogP contribution in [0, 0.1) is 0 Å². The Kier molecular flexibility index (Phi) is 4.92. The third-order valence-electron chi connectivity index (χ3n) is 3.83. The van der Waals surface area contributed by atoms with Crippen molar-refractivity contribution in [1.82, 2.24) is 15.3 Å². The van der Waals surface area contributed by atoms with E-state index in [2.05, 4.69) is 10.1 Å². The Labute approximate surface area is 144 Å². The third-order valence-corrected chi connectivity index (χ3v) is 3.83. The summed E-state index contributed by atoms with van der Waals surface area (Å²) >= 11 is 0. The lowest BCUT2D eigenvalue weighted by atomic mass is 10.1. The van der Waals surface area contributed by atoms with Crippen LogP contribution < -0.4 is 14.8 Å². The molecule has 2 heterocycles. The van der Waals surface area contributed by atoms with Crippen LogP contribution in [0.3, 0.4) is 0 Å². The zero-order chi connectivity index (χ0) is 17.8. The fraction of sp³-hybridized carbons (Fsp3) is 0.438. The van der Waals surface area contributed by atoms with Gasteiger partial charge in [0.15, 0.2) is 11.5 Å². The van der Waals surface area contributed by atoms with Gasteiger partial charge in [-0.15, -0.1) is 0 Å². The number of amides is 4. The van der Waals surface area contributed by atoms with Crippen LogP contribution in [-0.2, 0) is 16.0 Å². The molecule has 0 radical (unpaired) electrons. The summed E-state index contributed by atoms with van der Waals surface area (Å²) < 4.78 is 15.2. The van der Waals surface area contributed by atoms with Gasteiger partial charge < -0.3 is 14.2 Å². The molecule has 1 aromatic carbocycles. The lowest BCUT2D eigenvalue weighted by Gasteiger charge is -2.27. The fourth-order valence-corrected chi connectivity index (χ4v) is 2.72. The number of nitrogens with one attached hydrogen (secondary N) is 1. The van der Waals surface area contributed by atoms with E-state index in [0.29, 0.717) is 31.0 Å². The van der Waals surface area contributed by atoms with E-state index in [-0.39, 0.29) is 25.7 Å². The third kappa shape index (κ3) is 3.76. The number of hydrazine groups is 1. The topological polar surface area (TPSA) is 97.4 Å². The molecule has 3 rings (SSSR count). The first-order chi connectivity index (χ1) is 12.1. The van der Waals surface area contributed by atoms with E-state index in [1.807, 2.05) is 0 Å². The van der Waals surface area contributed by atoms with E-state index in [9.17, 15) is 14.4 Å². The van der Waals surface area contributed by atoms with E-state index in [1.165, 1.54) is 10.0 Å². The first-order valence-corrected chi connectivity index (χ1v) is 8.02. The van der Waals surface area contributed by atoms with E-state index < -0.39 is 12.1 Å². The summed E-state index contributed by atoms with van der Waals surface area (Å²) in [5.74, 6) is 1.01. The minimum absolute atomic E-state index is 0.111. The first kappa shape index (κ1) is 16.9. The maximum atomic E-state index is 12.6. The molecule has 1 aromatic rings. The van der Waals surface area contributed by atoms with Crippen molar-refractivity contribution in [3.05, 3.63) is 23.8 Å². The minimum Gasteiger partial charge on any atom is -0.454 e. The molecule has 2 aliphatic rings. The molecule has 0 unspecified atom stereocenters. The molecule has 1 saturated heterocycles. The summed E-state index contributed by atoms with van der Waals surface area (Å²) in [5.41, 5.74) is 0.756. The second-order valence-electron chi connectivity index (χ2n) is 5.51. The van der Waals surface area contributed by atoms with Gasteiger partial charge in [-0.05, 0) is 31.0 Å². The number of carbonyl (C=O) groups is 3. The number of hydrogen-bond acceptors (Lipinski definition) is 6. The molecule has 1 N–H and O–H groups in total. The molecule has 0 aliphatic carbocycles. The number of carbonyl (C=O) groups excluding carboxylic acids is 3. The fourth-order valence-electron chi connectivity index (χ4n) is 2.72. The monoisotopic (exact) mass is 349 g/mol. The van der Waals surface area contributed by atoms with Gasteiger partial charge in [0.05, 0.1) is 13.0 Å². The molecule has 4 amide bonds. The standard InChI is InChI=1S/C16H19N3O6/c1-2-23-16(22)17-15(21)19-7-3-6-18(19)14(20)9-11-4-5-12-13(8-11)25-10-24-12/h4-5,8H,2-3,6-7,9-10H2,1H3,(H,17,21,22). The Morgan fingerprint density at radius 3 is 2.72 bits per heavy atom. The van der Waals surface area contributed by atoms with Crippen LogP contribution >= 0.6 is 0 Å². The lowest BCUT2D eigenvalue weighted by Crippen LogP contribution is -2.51. The van der Waals surface area contributed by atoms with Gasteiger partial charge in [0, 0.05) is 13.1 Å². The van der Waals surface area contributed by atoms with Gasteiger partial charge >= 0.3 is 12.1 Å². The Bertz CT molecular complexity index is 692. The molecule has 2 aliphatic heterocycles. The van der Waals surface area contributed by atoms with E-state index in [0.717, 1.165) is 5.56 Å². The highest BCUT2D eigenvalue weighted by Crippen LogP contribution is 2.32. The van der Waals surface area contributed by atoms with Gasteiger partial charge in [0.1, 0.15) is 0 Å². The first-order valence-electron chi connectivity index (χ1n) is 8.02. The predicted octanol–water partition coefficient (Wildman–Crippen LogP) is 1.27. The number of hydrogen-bond donors (Lipinski definition) is 1. The van der Waals surface area contributed by atoms with Gasteiger partial charge in [-0.1, -0.05) is 6.07 Å². The molecule has 0 spiro atoms.